The normalized spacial score (nSPS) is 11.2. The van der Waals surface area contributed by atoms with Crippen LogP contribution in [0, 0.1) is 6.92 Å². The standard InChI is InChI=1S/C10H9N3O4S2/c1-6-4-11-3-2-7(6)13-19(16,17)10-8(9(14)15)12-5-18-10/h2-5H,1H3,(H,11,13)(H,14,15). The molecular formula is C10H9N3O4S2. The van der Waals surface area contributed by atoms with E-state index in [1.165, 1.54) is 24.0 Å². The maximum Gasteiger partial charge on any atom is 0.356 e. The van der Waals surface area contributed by atoms with Crippen LogP contribution in [0.5, 0.6) is 0 Å². The van der Waals surface area contributed by atoms with Gasteiger partial charge < -0.3 is 5.11 Å². The molecule has 2 N–H and O–H groups in total. The third-order valence-corrected chi connectivity index (χ3v) is 4.98. The van der Waals surface area contributed by atoms with Crippen LogP contribution < -0.4 is 4.72 Å². The Labute approximate surface area is 113 Å². The van der Waals surface area contributed by atoms with Gasteiger partial charge in [-0.2, -0.15) is 0 Å². The van der Waals surface area contributed by atoms with Gasteiger partial charge in [0.15, 0.2) is 9.90 Å². The van der Waals surface area contributed by atoms with Crippen LogP contribution in [-0.4, -0.2) is 29.5 Å². The molecule has 0 spiro atoms. The van der Waals surface area contributed by atoms with Crippen molar-refractivity contribution in [2.75, 3.05) is 4.72 Å². The van der Waals surface area contributed by atoms with Gasteiger partial charge in [0, 0.05) is 12.4 Å². The molecule has 0 atom stereocenters. The monoisotopic (exact) mass is 299 g/mol. The highest BCUT2D eigenvalue weighted by Gasteiger charge is 2.26. The van der Waals surface area contributed by atoms with Gasteiger partial charge >= 0.3 is 5.97 Å². The molecule has 0 aromatic carbocycles. The summed E-state index contributed by atoms with van der Waals surface area (Å²) in [7, 11) is -3.97. The number of rotatable bonds is 4. The van der Waals surface area contributed by atoms with Crippen molar-refractivity contribution >= 4 is 33.0 Å². The molecule has 100 valence electrons. The molecule has 0 saturated heterocycles. The number of thiazole rings is 1. The number of carboxylic acid groups (broad SMARTS) is 1. The van der Waals surface area contributed by atoms with Crippen molar-refractivity contribution in [1.29, 1.82) is 0 Å². The minimum atomic E-state index is -3.97. The van der Waals surface area contributed by atoms with E-state index in [2.05, 4.69) is 14.7 Å². The second kappa shape index (κ2) is 4.94. The number of sulfonamides is 1. The lowest BCUT2D eigenvalue weighted by Crippen LogP contribution is -2.16. The molecule has 0 radical (unpaired) electrons. The van der Waals surface area contributed by atoms with Crippen molar-refractivity contribution in [1.82, 2.24) is 9.97 Å². The Morgan fingerprint density at radius 3 is 2.84 bits per heavy atom. The van der Waals surface area contributed by atoms with Crippen molar-refractivity contribution in [2.45, 2.75) is 11.1 Å². The average molecular weight is 299 g/mol. The number of hydrogen-bond donors (Lipinski definition) is 2. The largest absolute Gasteiger partial charge is 0.476 e. The molecule has 0 aliphatic carbocycles. The molecule has 0 amide bonds. The molecule has 0 fully saturated rings. The van der Waals surface area contributed by atoms with Crippen LogP contribution in [0.3, 0.4) is 0 Å². The van der Waals surface area contributed by atoms with E-state index >= 15 is 0 Å². The first-order chi connectivity index (χ1) is 8.92. The van der Waals surface area contributed by atoms with Gasteiger partial charge in [-0.25, -0.2) is 18.2 Å². The Bertz CT molecular complexity index is 724. The molecule has 0 saturated carbocycles. The first-order valence-corrected chi connectivity index (χ1v) is 7.38. The highest BCUT2D eigenvalue weighted by atomic mass is 32.2. The maximum absolute atomic E-state index is 12.1. The van der Waals surface area contributed by atoms with Crippen LogP contribution >= 0.6 is 11.3 Å². The van der Waals surface area contributed by atoms with Gasteiger partial charge in [0.25, 0.3) is 10.0 Å². The lowest BCUT2D eigenvalue weighted by molar-refractivity contribution is 0.0687. The Balaban J connectivity index is 2.41. The summed E-state index contributed by atoms with van der Waals surface area (Å²) >= 11 is 0.752. The van der Waals surface area contributed by atoms with Gasteiger partial charge in [-0.05, 0) is 18.6 Å². The highest BCUT2D eigenvalue weighted by molar-refractivity contribution is 7.94. The van der Waals surface area contributed by atoms with Gasteiger partial charge in [0.05, 0.1) is 11.2 Å². The summed E-state index contributed by atoms with van der Waals surface area (Å²) < 4.78 is 26.2. The van der Waals surface area contributed by atoms with Crippen LogP contribution in [0.25, 0.3) is 0 Å². The molecule has 0 unspecified atom stereocenters. The number of aromatic nitrogens is 2. The fourth-order valence-electron chi connectivity index (χ4n) is 1.35. The summed E-state index contributed by atoms with van der Waals surface area (Å²) in [5, 5.41) is 8.88. The Morgan fingerprint density at radius 2 is 2.21 bits per heavy atom. The number of aromatic carboxylic acids is 1. The summed E-state index contributed by atoms with van der Waals surface area (Å²) in [4.78, 5) is 18.3. The summed E-state index contributed by atoms with van der Waals surface area (Å²) in [5.41, 5.74) is 1.67. The number of pyridine rings is 1. The Hall–Kier alpha value is -2.00. The van der Waals surface area contributed by atoms with Crippen molar-refractivity contribution < 1.29 is 18.3 Å². The van der Waals surface area contributed by atoms with Crippen LogP contribution in [0.15, 0.2) is 28.2 Å². The fourth-order valence-corrected chi connectivity index (χ4v) is 3.62. The lowest BCUT2D eigenvalue weighted by Gasteiger charge is -2.08. The quantitative estimate of drug-likeness (QED) is 0.881. The zero-order valence-electron chi connectivity index (χ0n) is 9.69. The van der Waals surface area contributed by atoms with Crippen molar-refractivity contribution in [3.8, 4) is 0 Å². The molecule has 0 aliphatic rings. The van der Waals surface area contributed by atoms with E-state index < -0.39 is 21.7 Å². The van der Waals surface area contributed by atoms with Gasteiger partial charge in [0.2, 0.25) is 0 Å². The molecule has 0 bridgehead atoms. The number of nitrogens with zero attached hydrogens (tertiary/aromatic N) is 2. The SMILES string of the molecule is Cc1cnccc1NS(=O)(=O)c1scnc1C(=O)O. The van der Waals surface area contributed by atoms with Crippen LogP contribution in [0.4, 0.5) is 5.69 Å². The van der Waals surface area contributed by atoms with E-state index in [9.17, 15) is 13.2 Å². The van der Waals surface area contributed by atoms with Gasteiger partial charge in [-0.1, -0.05) is 0 Å². The van der Waals surface area contributed by atoms with E-state index in [-0.39, 0.29) is 4.21 Å². The highest BCUT2D eigenvalue weighted by Crippen LogP contribution is 2.24. The minimum Gasteiger partial charge on any atom is -0.476 e. The molecule has 19 heavy (non-hydrogen) atoms. The van der Waals surface area contributed by atoms with Gasteiger partial charge in [-0.3, -0.25) is 9.71 Å². The second-order valence-electron chi connectivity index (χ2n) is 3.59. The van der Waals surface area contributed by atoms with Gasteiger partial charge in [-0.15, -0.1) is 11.3 Å². The van der Waals surface area contributed by atoms with Gasteiger partial charge in [0.1, 0.15) is 0 Å². The third kappa shape index (κ3) is 2.71. The Morgan fingerprint density at radius 1 is 1.47 bits per heavy atom. The molecule has 7 nitrogen and oxygen atoms in total. The molecule has 9 heteroatoms. The fraction of sp³-hybridized carbons (Fsp3) is 0.100. The molecule has 2 rings (SSSR count). The number of hydrogen-bond acceptors (Lipinski definition) is 6. The average Bonchev–Trinajstić information content (AvgIpc) is 2.82. The molecule has 2 heterocycles. The molecule has 2 aromatic rings. The van der Waals surface area contributed by atoms with Crippen molar-refractivity contribution in [3.63, 3.8) is 0 Å². The van der Waals surface area contributed by atoms with Crippen molar-refractivity contribution in [3.05, 3.63) is 35.2 Å². The maximum atomic E-state index is 12.1. The summed E-state index contributed by atoms with van der Waals surface area (Å²) in [6, 6.07) is 1.49. The number of nitrogens with one attached hydrogen (secondary N) is 1. The first-order valence-electron chi connectivity index (χ1n) is 5.02. The smallest absolute Gasteiger partial charge is 0.356 e. The topological polar surface area (TPSA) is 109 Å². The van der Waals surface area contributed by atoms with E-state index in [0.29, 0.717) is 11.3 Å². The van der Waals surface area contributed by atoms with Crippen LogP contribution in [0.1, 0.15) is 16.1 Å². The predicted octanol–water partition coefficient (Wildman–Crippen LogP) is 1.35. The number of carboxylic acids is 1. The lowest BCUT2D eigenvalue weighted by atomic mass is 10.3. The predicted molar refractivity (Wildman–Crippen MR) is 68.9 cm³/mol. The van der Waals surface area contributed by atoms with Crippen molar-refractivity contribution in [2.24, 2.45) is 0 Å². The number of aryl methyl sites for hydroxylation is 1. The third-order valence-electron chi connectivity index (χ3n) is 2.25. The van der Waals surface area contributed by atoms with E-state index in [1.807, 2.05) is 0 Å². The number of anilines is 1. The second-order valence-corrected chi connectivity index (χ2v) is 6.32. The minimum absolute atomic E-state index is 0.323. The zero-order chi connectivity index (χ0) is 14.0. The van der Waals surface area contributed by atoms with E-state index in [1.54, 1.807) is 6.92 Å². The summed E-state index contributed by atoms with van der Waals surface area (Å²) in [6.45, 7) is 1.69. The van der Waals surface area contributed by atoms with E-state index in [0.717, 1.165) is 11.3 Å². The summed E-state index contributed by atoms with van der Waals surface area (Å²) in [5.74, 6) is -1.38. The summed E-state index contributed by atoms with van der Waals surface area (Å²) in [6.07, 6.45) is 2.94. The van der Waals surface area contributed by atoms with E-state index in [4.69, 9.17) is 5.11 Å². The van der Waals surface area contributed by atoms with Crippen LogP contribution in [0.2, 0.25) is 0 Å². The zero-order valence-corrected chi connectivity index (χ0v) is 11.3. The molecule has 0 aliphatic heterocycles. The molecule has 2 aromatic heterocycles. The Kier molecular flexibility index (Phi) is 3.49. The first kappa shape index (κ1) is 13.4. The number of carbonyl (C=O) groups is 1. The van der Waals surface area contributed by atoms with Crippen LogP contribution in [-0.2, 0) is 10.0 Å². The molecular weight excluding hydrogens is 290 g/mol.